The van der Waals surface area contributed by atoms with Gasteiger partial charge in [-0.3, -0.25) is 4.79 Å². The lowest BCUT2D eigenvalue weighted by atomic mass is 9.98. The number of pyridine rings is 1. The van der Waals surface area contributed by atoms with Crippen LogP contribution in [0.1, 0.15) is 41.3 Å². The molecule has 1 amide bonds. The number of aromatic nitrogens is 1. The normalized spacial score (nSPS) is 10.7. The molecule has 0 radical (unpaired) electrons. The molecule has 0 saturated heterocycles. The summed E-state index contributed by atoms with van der Waals surface area (Å²) in [5.74, 6) is -0.578. The molecule has 0 saturated carbocycles. The molecular weight excluding hydrogens is 255 g/mol. The Morgan fingerprint density at radius 1 is 1.25 bits per heavy atom. The average Bonchev–Trinajstić information content (AvgIpc) is 2.41. The van der Waals surface area contributed by atoms with Crippen molar-refractivity contribution in [2.24, 2.45) is 0 Å². The maximum atomic E-state index is 12.8. The molecular formula is C16H17FN2O. The van der Waals surface area contributed by atoms with E-state index >= 15 is 0 Å². The summed E-state index contributed by atoms with van der Waals surface area (Å²) in [5, 5.41) is 2.89. The van der Waals surface area contributed by atoms with E-state index in [0.717, 1.165) is 16.8 Å². The first-order valence-electron chi connectivity index (χ1n) is 6.51. The van der Waals surface area contributed by atoms with Crippen LogP contribution in [0.4, 0.5) is 10.1 Å². The van der Waals surface area contributed by atoms with Gasteiger partial charge in [0.05, 0.1) is 5.56 Å². The second kappa shape index (κ2) is 5.82. The number of nitrogens with one attached hydrogen (secondary N) is 1. The Morgan fingerprint density at radius 3 is 2.60 bits per heavy atom. The van der Waals surface area contributed by atoms with E-state index in [1.807, 2.05) is 25.1 Å². The number of para-hydroxylation sites is 1. The topological polar surface area (TPSA) is 42.0 Å². The van der Waals surface area contributed by atoms with Crippen LogP contribution >= 0.6 is 0 Å². The van der Waals surface area contributed by atoms with Crippen LogP contribution in [0, 0.1) is 12.9 Å². The van der Waals surface area contributed by atoms with Crippen molar-refractivity contribution in [3.63, 3.8) is 0 Å². The SMILES string of the molecule is Cc1cccc(C(C)C)c1NC(=O)c1ccc(F)nc1. The predicted molar refractivity (Wildman–Crippen MR) is 77.4 cm³/mol. The predicted octanol–water partition coefficient (Wildman–Crippen LogP) is 3.90. The van der Waals surface area contributed by atoms with E-state index in [9.17, 15) is 9.18 Å². The van der Waals surface area contributed by atoms with Crippen LogP contribution in [-0.4, -0.2) is 10.9 Å². The number of rotatable bonds is 3. The van der Waals surface area contributed by atoms with Gasteiger partial charge in [0, 0.05) is 11.9 Å². The van der Waals surface area contributed by atoms with Gasteiger partial charge in [0.25, 0.3) is 5.91 Å². The molecule has 104 valence electrons. The molecule has 20 heavy (non-hydrogen) atoms. The van der Waals surface area contributed by atoms with E-state index in [1.54, 1.807) is 0 Å². The van der Waals surface area contributed by atoms with Gasteiger partial charge in [0.2, 0.25) is 5.95 Å². The number of nitrogens with zero attached hydrogens (tertiary/aromatic N) is 1. The van der Waals surface area contributed by atoms with Crippen molar-refractivity contribution in [2.75, 3.05) is 5.32 Å². The largest absolute Gasteiger partial charge is 0.321 e. The number of benzene rings is 1. The quantitative estimate of drug-likeness (QED) is 0.861. The molecule has 0 aliphatic heterocycles. The van der Waals surface area contributed by atoms with Gasteiger partial charge in [-0.25, -0.2) is 4.98 Å². The van der Waals surface area contributed by atoms with Gasteiger partial charge in [-0.2, -0.15) is 4.39 Å². The van der Waals surface area contributed by atoms with E-state index in [4.69, 9.17) is 0 Å². The van der Waals surface area contributed by atoms with Crippen molar-refractivity contribution in [1.82, 2.24) is 4.98 Å². The Labute approximate surface area is 117 Å². The molecule has 0 spiro atoms. The highest BCUT2D eigenvalue weighted by molar-refractivity contribution is 6.04. The number of carbonyl (C=O) groups is 1. The van der Waals surface area contributed by atoms with Crippen LogP contribution in [0.25, 0.3) is 0 Å². The summed E-state index contributed by atoms with van der Waals surface area (Å²) < 4.78 is 12.8. The average molecular weight is 272 g/mol. The van der Waals surface area contributed by atoms with Crippen molar-refractivity contribution in [1.29, 1.82) is 0 Å². The fourth-order valence-electron chi connectivity index (χ4n) is 2.04. The zero-order valence-electron chi connectivity index (χ0n) is 11.8. The van der Waals surface area contributed by atoms with Gasteiger partial charge in [0.1, 0.15) is 0 Å². The number of hydrogen-bond acceptors (Lipinski definition) is 2. The maximum absolute atomic E-state index is 12.8. The second-order valence-electron chi connectivity index (χ2n) is 5.02. The van der Waals surface area contributed by atoms with Gasteiger partial charge >= 0.3 is 0 Å². The van der Waals surface area contributed by atoms with Gasteiger partial charge in [-0.15, -0.1) is 0 Å². The highest BCUT2D eigenvalue weighted by Crippen LogP contribution is 2.27. The van der Waals surface area contributed by atoms with Gasteiger partial charge in [-0.05, 0) is 36.1 Å². The van der Waals surface area contributed by atoms with Gasteiger partial charge in [0.15, 0.2) is 0 Å². The monoisotopic (exact) mass is 272 g/mol. The van der Waals surface area contributed by atoms with Crippen LogP contribution in [-0.2, 0) is 0 Å². The van der Waals surface area contributed by atoms with Crippen molar-refractivity contribution in [3.05, 3.63) is 59.2 Å². The fraction of sp³-hybridized carbons (Fsp3) is 0.250. The summed E-state index contributed by atoms with van der Waals surface area (Å²) in [6, 6.07) is 8.52. The molecule has 0 fully saturated rings. The summed E-state index contributed by atoms with van der Waals surface area (Å²) in [7, 11) is 0. The second-order valence-corrected chi connectivity index (χ2v) is 5.02. The molecule has 4 heteroatoms. The smallest absolute Gasteiger partial charge is 0.257 e. The Kier molecular flexibility index (Phi) is 4.13. The van der Waals surface area contributed by atoms with Crippen LogP contribution in [0.5, 0.6) is 0 Å². The molecule has 0 aliphatic rings. The number of hydrogen-bond donors (Lipinski definition) is 1. The summed E-state index contributed by atoms with van der Waals surface area (Å²) in [6.45, 7) is 6.10. The molecule has 0 aliphatic carbocycles. The number of amides is 1. The van der Waals surface area contributed by atoms with Crippen LogP contribution in [0.2, 0.25) is 0 Å². The van der Waals surface area contributed by atoms with Crippen LogP contribution < -0.4 is 5.32 Å². The molecule has 2 rings (SSSR count). The first-order chi connectivity index (χ1) is 9.49. The first kappa shape index (κ1) is 14.2. The number of carbonyl (C=O) groups excluding carboxylic acids is 1. The number of anilines is 1. The van der Waals surface area contributed by atoms with E-state index in [1.165, 1.54) is 18.3 Å². The van der Waals surface area contributed by atoms with E-state index in [2.05, 4.69) is 24.1 Å². The maximum Gasteiger partial charge on any atom is 0.257 e. The zero-order valence-corrected chi connectivity index (χ0v) is 11.8. The summed E-state index contributed by atoms with van der Waals surface area (Å²) in [4.78, 5) is 15.7. The molecule has 1 N–H and O–H groups in total. The third kappa shape index (κ3) is 3.02. The Balaban J connectivity index is 2.30. The fourth-order valence-corrected chi connectivity index (χ4v) is 2.04. The zero-order chi connectivity index (χ0) is 14.7. The Bertz CT molecular complexity index is 621. The first-order valence-corrected chi connectivity index (χ1v) is 6.51. The van der Waals surface area contributed by atoms with E-state index < -0.39 is 5.95 Å². The molecule has 2 aromatic rings. The van der Waals surface area contributed by atoms with Crippen molar-refractivity contribution in [3.8, 4) is 0 Å². The third-order valence-electron chi connectivity index (χ3n) is 3.16. The minimum Gasteiger partial charge on any atom is -0.321 e. The molecule has 1 heterocycles. The van der Waals surface area contributed by atoms with E-state index in [-0.39, 0.29) is 5.91 Å². The van der Waals surface area contributed by atoms with Crippen molar-refractivity contribution in [2.45, 2.75) is 26.7 Å². The van der Waals surface area contributed by atoms with Gasteiger partial charge < -0.3 is 5.32 Å². The lowest BCUT2D eigenvalue weighted by Gasteiger charge is -2.16. The standard InChI is InChI=1S/C16H17FN2O/c1-10(2)13-6-4-5-11(3)15(13)19-16(20)12-7-8-14(17)18-9-12/h4-10H,1-3H3,(H,19,20). The van der Waals surface area contributed by atoms with Gasteiger partial charge in [-0.1, -0.05) is 32.0 Å². The van der Waals surface area contributed by atoms with Crippen molar-refractivity contribution < 1.29 is 9.18 Å². The third-order valence-corrected chi connectivity index (χ3v) is 3.16. The molecule has 0 bridgehead atoms. The lowest BCUT2D eigenvalue weighted by molar-refractivity contribution is 0.102. The van der Waals surface area contributed by atoms with Crippen molar-refractivity contribution >= 4 is 11.6 Å². The molecule has 3 nitrogen and oxygen atoms in total. The van der Waals surface area contributed by atoms with Crippen LogP contribution in [0.15, 0.2) is 36.5 Å². The van der Waals surface area contributed by atoms with Crippen LogP contribution in [0.3, 0.4) is 0 Å². The molecule has 1 aromatic carbocycles. The summed E-state index contributed by atoms with van der Waals surface area (Å²) >= 11 is 0. The number of halogens is 1. The lowest BCUT2D eigenvalue weighted by Crippen LogP contribution is -2.15. The Hall–Kier alpha value is -2.23. The molecule has 1 aromatic heterocycles. The molecule has 0 unspecified atom stereocenters. The summed E-state index contributed by atoms with van der Waals surface area (Å²) in [6.07, 6.45) is 1.23. The summed E-state index contributed by atoms with van der Waals surface area (Å²) in [5.41, 5.74) is 3.23. The highest BCUT2D eigenvalue weighted by Gasteiger charge is 2.13. The van der Waals surface area contributed by atoms with E-state index in [0.29, 0.717) is 11.5 Å². The highest BCUT2D eigenvalue weighted by atomic mass is 19.1. The minimum atomic E-state index is -0.597. The minimum absolute atomic E-state index is 0.284. The number of aryl methyl sites for hydroxylation is 1. The molecule has 0 atom stereocenters. The Morgan fingerprint density at radius 2 is 2.00 bits per heavy atom.